The lowest BCUT2D eigenvalue weighted by molar-refractivity contribution is -0.143. The third kappa shape index (κ3) is 47.0. The van der Waals surface area contributed by atoms with Crippen molar-refractivity contribution < 1.29 is 57.9 Å². The van der Waals surface area contributed by atoms with Gasteiger partial charge in [0, 0.05) is 38.8 Å². The van der Waals surface area contributed by atoms with Crippen molar-refractivity contribution in [3.8, 4) is 0 Å². The summed E-state index contributed by atoms with van der Waals surface area (Å²) in [7, 11) is 0. The van der Waals surface area contributed by atoms with E-state index in [1.807, 2.05) is 0 Å². The van der Waals surface area contributed by atoms with Gasteiger partial charge < -0.3 is 50.3 Å². The highest BCUT2D eigenvalue weighted by molar-refractivity contribution is 5.77. The Morgan fingerprint density at radius 2 is 0.918 bits per heavy atom. The number of primary amides is 1. The Morgan fingerprint density at radius 1 is 0.490 bits per heavy atom. The van der Waals surface area contributed by atoms with Crippen molar-refractivity contribution in [1.29, 1.82) is 0 Å². The molecule has 0 spiro atoms. The molecule has 3 amide bonds. The van der Waals surface area contributed by atoms with Gasteiger partial charge in [0.2, 0.25) is 17.7 Å². The summed E-state index contributed by atoms with van der Waals surface area (Å²) in [6.07, 6.45) is 18.3. The summed E-state index contributed by atoms with van der Waals surface area (Å²) in [6.45, 7) is 1.81. The average molecular weight is 706 g/mol. The molecule has 0 aromatic heterocycles. The van der Waals surface area contributed by atoms with Gasteiger partial charge in [0.15, 0.2) is 0 Å². The molecular weight excluding hydrogens is 642 g/mol. The summed E-state index contributed by atoms with van der Waals surface area (Å²) in [5, 5.41) is 22.1. The third-order valence-corrected chi connectivity index (χ3v) is 6.88. The second-order valence-electron chi connectivity index (χ2n) is 11.4. The zero-order chi connectivity index (χ0) is 36.6. The molecule has 0 atom stereocenters. The number of hydrogen-bond donors (Lipinski definition) is 5. The summed E-state index contributed by atoms with van der Waals surface area (Å²) < 4.78 is 20.3. The van der Waals surface area contributed by atoms with E-state index < -0.39 is 11.9 Å². The largest absolute Gasteiger partial charge is 0.481 e. The molecule has 6 N–H and O–H groups in total. The van der Waals surface area contributed by atoms with E-state index in [1.54, 1.807) is 0 Å². The number of nitrogens with two attached hydrogens (primary N) is 1. The van der Waals surface area contributed by atoms with E-state index in [0.29, 0.717) is 58.4 Å². The van der Waals surface area contributed by atoms with Crippen LogP contribution in [0.5, 0.6) is 0 Å². The van der Waals surface area contributed by atoms with Crippen molar-refractivity contribution in [3.05, 3.63) is 0 Å². The normalized spacial score (nSPS) is 10.5. The molecular formula is C34H63N3O12. The molecule has 286 valence electrons. The van der Waals surface area contributed by atoms with Crippen LogP contribution in [0.4, 0.5) is 0 Å². The molecule has 0 fully saturated rings. The van der Waals surface area contributed by atoms with Crippen molar-refractivity contribution >= 4 is 35.9 Å². The molecule has 0 radical (unpaired) electrons. The molecule has 0 saturated heterocycles. The standard InChI is InChI=1S/C17H30N2O9.C17H33NO3/c20-6-2-1-3-15(21)18-4-7-25-9-11-27-13-16(22)19-5-8-26-10-12-28-14-17(23)24;18-16(19)14-12-10-8-6-4-2-1-3-5-7-9-11-13-15-17(20)21/h6H,1-5,7-14H2,(H,18,21)(H,19,22)(H,23,24);1-15H2,(H2,18,19)(H,20,21). The molecule has 0 bridgehead atoms. The van der Waals surface area contributed by atoms with Gasteiger partial charge in [-0.1, -0.05) is 70.6 Å². The van der Waals surface area contributed by atoms with Gasteiger partial charge in [0.05, 0.1) is 39.6 Å². The molecule has 0 unspecified atom stereocenters. The number of aliphatic carboxylic acids is 2. The van der Waals surface area contributed by atoms with Gasteiger partial charge in [-0.25, -0.2) is 4.79 Å². The van der Waals surface area contributed by atoms with E-state index in [9.17, 15) is 28.8 Å². The molecule has 0 saturated carbocycles. The second-order valence-corrected chi connectivity index (χ2v) is 11.4. The van der Waals surface area contributed by atoms with Gasteiger partial charge in [-0.15, -0.1) is 0 Å². The highest BCUT2D eigenvalue weighted by Gasteiger charge is 2.03. The first-order valence-corrected chi connectivity index (χ1v) is 17.7. The number of carboxylic acid groups (broad SMARTS) is 2. The van der Waals surface area contributed by atoms with E-state index in [4.69, 9.17) is 34.9 Å². The Morgan fingerprint density at radius 3 is 1.37 bits per heavy atom. The number of amides is 3. The highest BCUT2D eigenvalue weighted by Crippen LogP contribution is 2.13. The van der Waals surface area contributed by atoms with Crippen LogP contribution in [0.25, 0.3) is 0 Å². The number of nitrogens with one attached hydrogen (secondary N) is 2. The average Bonchev–Trinajstić information content (AvgIpc) is 3.05. The number of ether oxygens (including phenoxy) is 4. The SMILES string of the molecule is NC(=O)CCCCCCCCCCCCCCCC(=O)O.O=CCCCC(=O)NCCOCCOCC(=O)NCCOCCOCC(=O)O. The summed E-state index contributed by atoms with van der Waals surface area (Å²) in [5.41, 5.74) is 5.09. The minimum absolute atomic E-state index is 0.0987. The fourth-order valence-corrected chi connectivity index (χ4v) is 4.29. The second kappa shape index (κ2) is 39.3. The van der Waals surface area contributed by atoms with Crippen molar-refractivity contribution in [3.63, 3.8) is 0 Å². The molecule has 0 rings (SSSR count). The molecule has 15 nitrogen and oxygen atoms in total. The lowest BCUT2D eigenvalue weighted by Gasteiger charge is -2.08. The molecule has 0 aliphatic heterocycles. The Bertz CT molecular complexity index is 819. The van der Waals surface area contributed by atoms with E-state index in [0.717, 1.165) is 32.0 Å². The van der Waals surface area contributed by atoms with Crippen LogP contribution in [0.1, 0.15) is 116 Å². The molecule has 0 aromatic rings. The molecule has 15 heteroatoms. The van der Waals surface area contributed by atoms with E-state index in [-0.39, 0.29) is 57.4 Å². The smallest absolute Gasteiger partial charge is 0.329 e. The summed E-state index contributed by atoms with van der Waals surface area (Å²) in [4.78, 5) is 64.0. The van der Waals surface area contributed by atoms with Crippen molar-refractivity contribution in [2.75, 3.05) is 65.9 Å². The quantitative estimate of drug-likeness (QED) is 0.0468. The van der Waals surface area contributed by atoms with Crippen molar-refractivity contribution in [2.45, 2.75) is 116 Å². The monoisotopic (exact) mass is 705 g/mol. The fourth-order valence-electron chi connectivity index (χ4n) is 4.29. The first-order valence-electron chi connectivity index (χ1n) is 17.7. The van der Waals surface area contributed by atoms with E-state index >= 15 is 0 Å². The predicted octanol–water partition coefficient (Wildman–Crippen LogP) is 3.15. The molecule has 0 aliphatic carbocycles. The fraction of sp³-hybridized carbons (Fsp3) is 0.824. The van der Waals surface area contributed by atoms with Crippen LogP contribution >= 0.6 is 0 Å². The minimum Gasteiger partial charge on any atom is -0.481 e. The summed E-state index contributed by atoms with van der Waals surface area (Å²) >= 11 is 0. The number of rotatable bonds is 36. The van der Waals surface area contributed by atoms with E-state index in [2.05, 4.69) is 10.6 Å². The third-order valence-electron chi connectivity index (χ3n) is 6.88. The number of carboxylic acids is 2. The Kier molecular flexibility index (Phi) is 38.5. The van der Waals surface area contributed by atoms with Crippen molar-refractivity contribution in [2.24, 2.45) is 5.73 Å². The van der Waals surface area contributed by atoms with Crippen LogP contribution in [0, 0.1) is 0 Å². The van der Waals surface area contributed by atoms with Crippen LogP contribution in [-0.2, 0) is 47.7 Å². The van der Waals surface area contributed by atoms with E-state index in [1.165, 1.54) is 57.8 Å². The molecule has 0 aromatic carbocycles. The van der Waals surface area contributed by atoms with Crippen LogP contribution < -0.4 is 16.4 Å². The Hall–Kier alpha value is -3.14. The number of carbonyl (C=O) groups excluding carboxylic acids is 4. The van der Waals surface area contributed by atoms with Gasteiger partial charge in [0.25, 0.3) is 0 Å². The van der Waals surface area contributed by atoms with Gasteiger partial charge in [-0.3, -0.25) is 19.2 Å². The summed E-state index contributed by atoms with van der Waals surface area (Å²) in [5.74, 6) is -2.29. The first kappa shape index (κ1) is 48.0. The van der Waals surface area contributed by atoms with Crippen LogP contribution in [0.3, 0.4) is 0 Å². The van der Waals surface area contributed by atoms with Crippen LogP contribution in [0.15, 0.2) is 0 Å². The first-order chi connectivity index (χ1) is 23.7. The topological polar surface area (TPSA) is 230 Å². The maximum Gasteiger partial charge on any atom is 0.329 e. The number of carbonyl (C=O) groups is 6. The van der Waals surface area contributed by atoms with Gasteiger partial charge in [0.1, 0.15) is 19.5 Å². The highest BCUT2D eigenvalue weighted by atomic mass is 16.5. The Balaban J connectivity index is 0. The van der Waals surface area contributed by atoms with Gasteiger partial charge >= 0.3 is 11.9 Å². The molecule has 0 aliphatic rings. The zero-order valence-corrected chi connectivity index (χ0v) is 29.4. The van der Waals surface area contributed by atoms with Crippen LogP contribution in [0.2, 0.25) is 0 Å². The molecule has 49 heavy (non-hydrogen) atoms. The number of aldehydes is 1. The maximum absolute atomic E-state index is 11.5. The van der Waals surface area contributed by atoms with Gasteiger partial charge in [-0.05, 0) is 19.3 Å². The lowest BCUT2D eigenvalue weighted by atomic mass is 10.0. The molecule has 0 heterocycles. The summed E-state index contributed by atoms with van der Waals surface area (Å²) in [6, 6.07) is 0. The van der Waals surface area contributed by atoms with Crippen molar-refractivity contribution in [1.82, 2.24) is 10.6 Å². The number of unbranched alkanes of at least 4 members (excludes halogenated alkanes) is 13. The Labute approximate surface area is 291 Å². The zero-order valence-electron chi connectivity index (χ0n) is 29.4. The maximum atomic E-state index is 11.5. The van der Waals surface area contributed by atoms with Gasteiger partial charge in [-0.2, -0.15) is 0 Å². The lowest BCUT2D eigenvalue weighted by Crippen LogP contribution is -2.31. The van der Waals surface area contributed by atoms with Crippen LogP contribution in [-0.4, -0.2) is 112 Å². The number of hydrogen-bond acceptors (Lipinski definition) is 10. The minimum atomic E-state index is -1.04. The predicted molar refractivity (Wildman–Crippen MR) is 183 cm³/mol.